The Bertz CT molecular complexity index is 1040. The molecule has 0 fully saturated rings. The van der Waals surface area contributed by atoms with Crippen LogP contribution in [0.25, 0.3) is 10.8 Å². The molecule has 7 heteroatoms. The number of esters is 1. The summed E-state index contributed by atoms with van der Waals surface area (Å²) in [5.41, 5.74) is 0.345. The third-order valence-corrected chi connectivity index (χ3v) is 5.71. The van der Waals surface area contributed by atoms with Gasteiger partial charge in [0.2, 0.25) is 0 Å². The monoisotopic (exact) mass is 373 g/mol. The van der Waals surface area contributed by atoms with Crippen LogP contribution in [0, 0.1) is 5.82 Å². The Morgan fingerprint density at radius 2 is 1.65 bits per heavy atom. The molecule has 0 spiro atoms. The standard InChI is InChI=1S/C19H16FNO4S/c1-25-19(22)13-21(26(23,24)16-11-9-15(20)10-12-16)18-8-4-6-14-5-2-3-7-17(14)18/h2-12H,13H2,1H3. The number of rotatable bonds is 5. The number of hydrogen-bond donors (Lipinski definition) is 0. The average molecular weight is 373 g/mol. The van der Waals surface area contributed by atoms with Crippen LogP contribution in [0.2, 0.25) is 0 Å². The normalized spacial score (nSPS) is 11.3. The van der Waals surface area contributed by atoms with Gasteiger partial charge in [-0.25, -0.2) is 12.8 Å². The molecule has 0 radical (unpaired) electrons. The molecule has 0 saturated heterocycles. The van der Waals surface area contributed by atoms with Crippen molar-refractivity contribution < 1.29 is 22.3 Å². The summed E-state index contributed by atoms with van der Waals surface area (Å²) in [5.74, 6) is -1.25. The van der Waals surface area contributed by atoms with E-state index in [0.717, 1.165) is 21.8 Å². The van der Waals surface area contributed by atoms with Gasteiger partial charge in [0.05, 0.1) is 17.7 Å². The van der Waals surface area contributed by atoms with Gasteiger partial charge in [0, 0.05) is 5.39 Å². The van der Waals surface area contributed by atoms with E-state index < -0.39 is 28.4 Å². The SMILES string of the molecule is COC(=O)CN(c1cccc2ccccc12)S(=O)(=O)c1ccc(F)cc1. The van der Waals surface area contributed by atoms with Gasteiger partial charge < -0.3 is 4.74 Å². The van der Waals surface area contributed by atoms with Crippen LogP contribution in [0.5, 0.6) is 0 Å². The number of halogens is 1. The summed E-state index contributed by atoms with van der Waals surface area (Å²) >= 11 is 0. The second-order valence-electron chi connectivity index (χ2n) is 5.54. The summed E-state index contributed by atoms with van der Waals surface area (Å²) in [7, 11) is -2.91. The zero-order valence-corrected chi connectivity index (χ0v) is 14.7. The molecule has 26 heavy (non-hydrogen) atoms. The Balaban J connectivity index is 2.19. The highest BCUT2D eigenvalue weighted by Crippen LogP contribution is 2.31. The number of carbonyl (C=O) groups excluding carboxylic acids is 1. The fourth-order valence-corrected chi connectivity index (χ4v) is 4.07. The van der Waals surface area contributed by atoms with Crippen LogP contribution >= 0.6 is 0 Å². The molecule has 3 rings (SSSR count). The largest absolute Gasteiger partial charge is 0.468 e. The van der Waals surface area contributed by atoms with Crippen LogP contribution in [0.3, 0.4) is 0 Å². The number of nitrogens with zero attached hydrogens (tertiary/aromatic N) is 1. The fourth-order valence-electron chi connectivity index (χ4n) is 2.64. The number of hydrogen-bond acceptors (Lipinski definition) is 4. The van der Waals surface area contributed by atoms with E-state index in [1.807, 2.05) is 18.2 Å². The van der Waals surface area contributed by atoms with Crippen LogP contribution in [0.4, 0.5) is 10.1 Å². The van der Waals surface area contributed by atoms with E-state index in [1.54, 1.807) is 24.3 Å². The molecule has 3 aromatic rings. The van der Waals surface area contributed by atoms with Crippen LogP contribution < -0.4 is 4.31 Å². The van der Waals surface area contributed by atoms with Crippen molar-refractivity contribution in [2.75, 3.05) is 18.0 Å². The lowest BCUT2D eigenvalue weighted by molar-refractivity contribution is -0.138. The second-order valence-corrected chi connectivity index (χ2v) is 7.40. The molecule has 0 N–H and O–H groups in total. The third-order valence-electron chi connectivity index (χ3n) is 3.94. The highest BCUT2D eigenvalue weighted by Gasteiger charge is 2.28. The van der Waals surface area contributed by atoms with Crippen molar-refractivity contribution >= 4 is 32.5 Å². The fraction of sp³-hybridized carbons (Fsp3) is 0.105. The molecular weight excluding hydrogens is 357 g/mol. The van der Waals surface area contributed by atoms with Gasteiger partial charge in [0.1, 0.15) is 12.4 Å². The van der Waals surface area contributed by atoms with Crippen LogP contribution in [0.15, 0.2) is 71.6 Å². The van der Waals surface area contributed by atoms with Crippen LogP contribution in [0.1, 0.15) is 0 Å². The molecule has 0 bridgehead atoms. The summed E-state index contributed by atoms with van der Waals surface area (Å²) in [5, 5.41) is 1.50. The van der Waals surface area contributed by atoms with Crippen molar-refractivity contribution in [3.8, 4) is 0 Å². The molecule has 0 aromatic heterocycles. The Morgan fingerprint density at radius 1 is 1.00 bits per heavy atom. The molecule has 0 aliphatic heterocycles. The molecule has 0 saturated carbocycles. The Morgan fingerprint density at radius 3 is 2.35 bits per heavy atom. The molecule has 0 atom stereocenters. The molecule has 0 unspecified atom stereocenters. The van der Waals surface area contributed by atoms with Crippen molar-refractivity contribution in [2.45, 2.75) is 4.90 Å². The van der Waals surface area contributed by atoms with Gasteiger partial charge in [-0.3, -0.25) is 9.10 Å². The highest BCUT2D eigenvalue weighted by atomic mass is 32.2. The Hall–Kier alpha value is -2.93. The molecule has 0 aliphatic carbocycles. The van der Waals surface area contributed by atoms with Crippen molar-refractivity contribution in [1.29, 1.82) is 0 Å². The van der Waals surface area contributed by atoms with E-state index in [1.165, 1.54) is 19.2 Å². The lowest BCUT2D eigenvalue weighted by Gasteiger charge is -2.24. The zero-order valence-electron chi connectivity index (χ0n) is 13.9. The van der Waals surface area contributed by atoms with E-state index in [2.05, 4.69) is 4.74 Å². The molecule has 0 aliphatic rings. The van der Waals surface area contributed by atoms with E-state index in [-0.39, 0.29) is 4.90 Å². The van der Waals surface area contributed by atoms with Gasteiger partial charge in [0.25, 0.3) is 10.0 Å². The first-order valence-corrected chi connectivity index (χ1v) is 9.20. The Kier molecular flexibility index (Phi) is 4.90. The molecule has 3 aromatic carbocycles. The first-order valence-electron chi connectivity index (χ1n) is 7.76. The number of fused-ring (bicyclic) bond motifs is 1. The van der Waals surface area contributed by atoms with Crippen molar-refractivity contribution in [3.05, 3.63) is 72.5 Å². The maximum atomic E-state index is 13.2. The van der Waals surface area contributed by atoms with Crippen molar-refractivity contribution in [3.63, 3.8) is 0 Å². The number of carbonyl (C=O) groups is 1. The summed E-state index contributed by atoms with van der Waals surface area (Å²) in [6.07, 6.45) is 0. The predicted octanol–water partition coefficient (Wildman–Crippen LogP) is 3.35. The number of sulfonamides is 1. The molecule has 0 heterocycles. The minimum absolute atomic E-state index is 0.115. The Labute approximate surface area is 150 Å². The summed E-state index contributed by atoms with van der Waals surface area (Å²) in [6.45, 7) is -0.496. The number of benzene rings is 3. The quantitative estimate of drug-likeness (QED) is 0.644. The topological polar surface area (TPSA) is 63.7 Å². The molecule has 5 nitrogen and oxygen atoms in total. The third kappa shape index (κ3) is 3.39. The lowest BCUT2D eigenvalue weighted by atomic mass is 10.1. The minimum Gasteiger partial charge on any atom is -0.468 e. The van der Waals surface area contributed by atoms with Gasteiger partial charge >= 0.3 is 5.97 Å². The smallest absolute Gasteiger partial charge is 0.326 e. The number of methoxy groups -OCH3 is 1. The van der Waals surface area contributed by atoms with Crippen molar-refractivity contribution in [2.24, 2.45) is 0 Å². The first-order chi connectivity index (χ1) is 12.4. The van der Waals surface area contributed by atoms with Gasteiger partial charge in [0.15, 0.2) is 0 Å². The predicted molar refractivity (Wildman–Crippen MR) is 96.9 cm³/mol. The van der Waals surface area contributed by atoms with Gasteiger partial charge in [-0.05, 0) is 35.7 Å². The van der Waals surface area contributed by atoms with Gasteiger partial charge in [-0.1, -0.05) is 36.4 Å². The molecule has 0 amide bonds. The van der Waals surface area contributed by atoms with Crippen LogP contribution in [-0.4, -0.2) is 28.0 Å². The van der Waals surface area contributed by atoms with E-state index in [0.29, 0.717) is 11.1 Å². The highest BCUT2D eigenvalue weighted by molar-refractivity contribution is 7.92. The summed E-state index contributed by atoms with van der Waals surface area (Å²) in [6, 6.07) is 16.9. The minimum atomic E-state index is -4.10. The summed E-state index contributed by atoms with van der Waals surface area (Å²) < 4.78 is 45.1. The van der Waals surface area contributed by atoms with Crippen LogP contribution in [-0.2, 0) is 19.6 Å². The van der Waals surface area contributed by atoms with Gasteiger partial charge in [-0.15, -0.1) is 0 Å². The summed E-state index contributed by atoms with van der Waals surface area (Å²) in [4.78, 5) is 11.8. The van der Waals surface area contributed by atoms with Crippen molar-refractivity contribution in [1.82, 2.24) is 0 Å². The zero-order chi connectivity index (χ0) is 18.7. The molecule has 134 valence electrons. The van der Waals surface area contributed by atoms with E-state index in [9.17, 15) is 17.6 Å². The van der Waals surface area contributed by atoms with E-state index >= 15 is 0 Å². The van der Waals surface area contributed by atoms with Gasteiger partial charge in [-0.2, -0.15) is 0 Å². The maximum absolute atomic E-state index is 13.2. The first kappa shape index (κ1) is 17.9. The average Bonchev–Trinajstić information content (AvgIpc) is 2.65. The van der Waals surface area contributed by atoms with E-state index in [4.69, 9.17) is 0 Å². The maximum Gasteiger partial charge on any atom is 0.326 e. The second kappa shape index (κ2) is 7.13. The molecular formula is C19H16FNO4S. The lowest BCUT2D eigenvalue weighted by Crippen LogP contribution is -2.36. The number of anilines is 1. The number of ether oxygens (including phenoxy) is 1.